The van der Waals surface area contributed by atoms with Gasteiger partial charge in [-0.05, 0) is 37.1 Å². The maximum atomic E-state index is 12.8. The number of carboxylic acid groups (broad SMARTS) is 1. The monoisotopic (exact) mass is 434 g/mol. The largest absolute Gasteiger partial charge is 0.497 e. The van der Waals surface area contributed by atoms with Crippen molar-refractivity contribution in [2.75, 3.05) is 48.8 Å². The third kappa shape index (κ3) is 3.51. The molecule has 8 nitrogen and oxygen atoms in total. The number of carboxylic acids is 1. The number of hydrogen-bond acceptors (Lipinski definition) is 6. The smallest absolute Gasteiger partial charge is 0.341 e. The minimum Gasteiger partial charge on any atom is -0.497 e. The van der Waals surface area contributed by atoms with Crippen LogP contribution in [0.5, 0.6) is 5.75 Å². The summed E-state index contributed by atoms with van der Waals surface area (Å²) < 4.78 is 7.28. The standard InChI is InChI=1S/C24H26N4O4/c1-32-17-4-2-3-16(11-17)26-7-9-27(10-8-26)22-13-21-18(12-20(22)25)23(29)19(24(30)31)14-28(21)15-5-6-15/h2-4,11-15H,5-10,25H2,1H3,(H,30,31). The number of aromatic carboxylic acids is 1. The van der Waals surface area contributed by atoms with Crippen LogP contribution in [0.25, 0.3) is 10.9 Å². The van der Waals surface area contributed by atoms with Crippen LogP contribution in [0.3, 0.4) is 0 Å². The molecule has 2 heterocycles. The first-order chi connectivity index (χ1) is 15.5. The molecule has 1 aromatic heterocycles. The fraction of sp³-hybridized carbons (Fsp3) is 0.333. The zero-order valence-electron chi connectivity index (χ0n) is 18.0. The van der Waals surface area contributed by atoms with Crippen LogP contribution in [-0.4, -0.2) is 48.9 Å². The molecule has 0 unspecified atom stereocenters. The van der Waals surface area contributed by atoms with Gasteiger partial charge in [0.25, 0.3) is 0 Å². The van der Waals surface area contributed by atoms with Crippen molar-refractivity contribution in [1.29, 1.82) is 0 Å². The van der Waals surface area contributed by atoms with E-state index in [0.717, 1.165) is 61.7 Å². The Morgan fingerprint density at radius 1 is 1.09 bits per heavy atom. The summed E-state index contributed by atoms with van der Waals surface area (Å²) in [7, 11) is 1.67. The van der Waals surface area contributed by atoms with Gasteiger partial charge < -0.3 is 29.9 Å². The van der Waals surface area contributed by atoms with Crippen molar-refractivity contribution in [3.63, 3.8) is 0 Å². The molecule has 0 amide bonds. The number of nitrogens with two attached hydrogens (primary N) is 1. The van der Waals surface area contributed by atoms with Crippen molar-refractivity contribution in [2.45, 2.75) is 18.9 Å². The number of nitrogen functional groups attached to an aromatic ring is 1. The van der Waals surface area contributed by atoms with Crippen LogP contribution in [0.2, 0.25) is 0 Å². The van der Waals surface area contributed by atoms with Gasteiger partial charge in [-0.25, -0.2) is 4.79 Å². The molecule has 8 heteroatoms. The molecule has 1 aliphatic heterocycles. The number of nitrogens with zero attached hydrogens (tertiary/aromatic N) is 3. The van der Waals surface area contributed by atoms with E-state index in [9.17, 15) is 14.7 Å². The molecule has 3 N–H and O–H groups in total. The Labute approximate surface area is 185 Å². The van der Waals surface area contributed by atoms with Crippen LogP contribution in [0.15, 0.2) is 47.4 Å². The number of pyridine rings is 1. The van der Waals surface area contributed by atoms with Gasteiger partial charge in [-0.15, -0.1) is 0 Å². The average molecular weight is 434 g/mol. The second-order valence-electron chi connectivity index (χ2n) is 8.42. The topological polar surface area (TPSA) is 101 Å². The molecule has 0 radical (unpaired) electrons. The molecule has 32 heavy (non-hydrogen) atoms. The molecule has 1 saturated carbocycles. The molecule has 2 aliphatic rings. The summed E-state index contributed by atoms with van der Waals surface area (Å²) in [5.41, 5.74) is 8.94. The van der Waals surface area contributed by atoms with Crippen molar-refractivity contribution < 1.29 is 14.6 Å². The number of piperazine rings is 1. The summed E-state index contributed by atoms with van der Waals surface area (Å²) in [6.07, 6.45) is 3.46. The number of ether oxygens (including phenoxy) is 1. The molecule has 2 fully saturated rings. The van der Waals surface area contributed by atoms with Gasteiger partial charge in [0.15, 0.2) is 0 Å². The molecule has 2 aromatic carbocycles. The fourth-order valence-electron chi connectivity index (χ4n) is 4.50. The van der Waals surface area contributed by atoms with Crippen molar-refractivity contribution in [1.82, 2.24) is 4.57 Å². The predicted molar refractivity (Wildman–Crippen MR) is 125 cm³/mol. The lowest BCUT2D eigenvalue weighted by atomic mass is 10.1. The van der Waals surface area contributed by atoms with Gasteiger partial charge >= 0.3 is 5.97 Å². The summed E-state index contributed by atoms with van der Waals surface area (Å²) in [6, 6.07) is 11.9. The summed E-state index contributed by atoms with van der Waals surface area (Å²) in [5, 5.41) is 9.83. The lowest BCUT2D eigenvalue weighted by Gasteiger charge is -2.38. The van der Waals surface area contributed by atoms with Crippen molar-refractivity contribution in [2.24, 2.45) is 0 Å². The highest BCUT2D eigenvalue weighted by molar-refractivity contribution is 5.96. The Morgan fingerprint density at radius 2 is 1.81 bits per heavy atom. The van der Waals surface area contributed by atoms with Gasteiger partial charge in [0.2, 0.25) is 5.43 Å². The van der Waals surface area contributed by atoms with Crippen molar-refractivity contribution in [3.05, 3.63) is 58.4 Å². The minimum absolute atomic E-state index is 0.205. The Kier molecular flexibility index (Phi) is 4.92. The van der Waals surface area contributed by atoms with E-state index in [1.165, 1.54) is 6.20 Å². The highest BCUT2D eigenvalue weighted by atomic mass is 16.5. The molecule has 0 atom stereocenters. The molecule has 166 valence electrons. The van der Waals surface area contributed by atoms with Gasteiger partial charge in [-0.2, -0.15) is 0 Å². The first-order valence-corrected chi connectivity index (χ1v) is 10.8. The van der Waals surface area contributed by atoms with Crippen LogP contribution < -0.4 is 25.7 Å². The van der Waals surface area contributed by atoms with Gasteiger partial charge in [-0.1, -0.05) is 6.07 Å². The Morgan fingerprint density at radius 3 is 2.47 bits per heavy atom. The summed E-state index contributed by atoms with van der Waals surface area (Å²) >= 11 is 0. The van der Waals surface area contributed by atoms with Gasteiger partial charge in [-0.3, -0.25) is 4.79 Å². The van der Waals surface area contributed by atoms with E-state index in [2.05, 4.69) is 15.9 Å². The SMILES string of the molecule is COc1cccc(N2CCN(c3cc4c(cc3N)c(=O)c(C(=O)O)cn4C3CC3)CC2)c1. The molecular formula is C24H26N4O4. The minimum atomic E-state index is -1.21. The number of benzene rings is 2. The number of aromatic nitrogens is 1. The summed E-state index contributed by atoms with van der Waals surface area (Å²) in [5.74, 6) is -0.370. The highest BCUT2D eigenvalue weighted by Crippen LogP contribution is 2.39. The number of anilines is 3. The number of rotatable bonds is 5. The lowest BCUT2D eigenvalue weighted by Crippen LogP contribution is -2.46. The van der Waals surface area contributed by atoms with E-state index in [1.54, 1.807) is 13.2 Å². The average Bonchev–Trinajstić information content (AvgIpc) is 3.65. The predicted octanol–water partition coefficient (Wildman–Crippen LogP) is 2.95. The second kappa shape index (κ2) is 7.78. The van der Waals surface area contributed by atoms with Crippen LogP contribution in [0, 0.1) is 0 Å². The van der Waals surface area contributed by atoms with Crippen LogP contribution in [-0.2, 0) is 0 Å². The number of fused-ring (bicyclic) bond motifs is 1. The molecule has 0 bridgehead atoms. The molecule has 1 aliphatic carbocycles. The van der Waals surface area contributed by atoms with Crippen molar-refractivity contribution in [3.8, 4) is 5.75 Å². The summed E-state index contributed by atoms with van der Waals surface area (Å²) in [6.45, 7) is 3.23. The third-order valence-corrected chi connectivity index (χ3v) is 6.39. The molecule has 5 rings (SSSR count). The first kappa shape index (κ1) is 20.2. The zero-order valence-corrected chi connectivity index (χ0v) is 18.0. The maximum absolute atomic E-state index is 12.8. The second-order valence-corrected chi connectivity index (χ2v) is 8.42. The zero-order chi connectivity index (χ0) is 22.4. The third-order valence-electron chi connectivity index (χ3n) is 6.39. The maximum Gasteiger partial charge on any atom is 0.341 e. The molecule has 3 aromatic rings. The van der Waals surface area contributed by atoms with Crippen LogP contribution >= 0.6 is 0 Å². The van der Waals surface area contributed by atoms with E-state index in [4.69, 9.17) is 10.5 Å². The van der Waals surface area contributed by atoms with E-state index < -0.39 is 11.4 Å². The highest BCUT2D eigenvalue weighted by Gasteiger charge is 2.28. The Bertz CT molecular complexity index is 1260. The van der Waals surface area contributed by atoms with E-state index in [1.807, 2.05) is 28.8 Å². The fourth-order valence-corrected chi connectivity index (χ4v) is 4.50. The Hall–Kier alpha value is -3.68. The molecule has 1 saturated heterocycles. The lowest BCUT2D eigenvalue weighted by molar-refractivity contribution is 0.0695. The first-order valence-electron chi connectivity index (χ1n) is 10.8. The number of hydrogen-bond donors (Lipinski definition) is 2. The normalized spacial score (nSPS) is 16.4. The van der Waals surface area contributed by atoms with E-state index in [-0.39, 0.29) is 11.6 Å². The van der Waals surface area contributed by atoms with Crippen LogP contribution in [0.4, 0.5) is 17.1 Å². The number of methoxy groups -OCH3 is 1. The Balaban J connectivity index is 1.47. The van der Waals surface area contributed by atoms with E-state index >= 15 is 0 Å². The van der Waals surface area contributed by atoms with E-state index in [0.29, 0.717) is 11.1 Å². The van der Waals surface area contributed by atoms with Gasteiger partial charge in [0, 0.05) is 55.6 Å². The van der Waals surface area contributed by atoms with Crippen molar-refractivity contribution >= 4 is 33.9 Å². The van der Waals surface area contributed by atoms with Gasteiger partial charge in [0.1, 0.15) is 11.3 Å². The molecular weight excluding hydrogens is 408 g/mol. The summed E-state index contributed by atoms with van der Waals surface area (Å²) in [4.78, 5) is 28.9. The quantitative estimate of drug-likeness (QED) is 0.596. The van der Waals surface area contributed by atoms with Gasteiger partial charge in [0.05, 0.1) is 24.0 Å². The van der Waals surface area contributed by atoms with Crippen LogP contribution in [0.1, 0.15) is 29.2 Å². The molecule has 0 spiro atoms. The number of carbonyl (C=O) groups is 1.